The van der Waals surface area contributed by atoms with Crippen LogP contribution in [0, 0.1) is 11.8 Å². The van der Waals surface area contributed by atoms with E-state index in [9.17, 15) is 14.4 Å². The Balaban J connectivity index is 1.29. The van der Waals surface area contributed by atoms with E-state index in [1.54, 1.807) is 4.90 Å². The van der Waals surface area contributed by atoms with E-state index in [1.807, 2.05) is 29.2 Å². The van der Waals surface area contributed by atoms with Crippen LogP contribution in [0.5, 0.6) is 0 Å². The van der Waals surface area contributed by atoms with Crippen LogP contribution in [0.3, 0.4) is 0 Å². The predicted octanol–water partition coefficient (Wildman–Crippen LogP) is 2.40. The molecule has 138 valence electrons. The number of piperidine rings is 1. The Morgan fingerprint density at radius 2 is 1.62 bits per heavy atom. The highest BCUT2D eigenvalue weighted by Gasteiger charge is 2.36. The quantitative estimate of drug-likeness (QED) is 0.902. The Morgan fingerprint density at radius 3 is 2.19 bits per heavy atom. The number of nitrogens with one attached hydrogen (secondary N) is 1. The van der Waals surface area contributed by atoms with Gasteiger partial charge in [-0.05, 0) is 56.4 Å². The number of benzene rings is 1. The summed E-state index contributed by atoms with van der Waals surface area (Å²) < 4.78 is 0. The predicted molar refractivity (Wildman–Crippen MR) is 98.7 cm³/mol. The topological polar surface area (TPSA) is 69.7 Å². The molecule has 2 heterocycles. The van der Waals surface area contributed by atoms with E-state index in [1.165, 1.54) is 0 Å². The molecule has 0 aromatic heterocycles. The minimum atomic E-state index is -0.0434. The maximum atomic E-state index is 12.5. The lowest BCUT2D eigenvalue weighted by molar-refractivity contribution is -0.135. The zero-order valence-corrected chi connectivity index (χ0v) is 14.9. The van der Waals surface area contributed by atoms with Crippen molar-refractivity contribution in [3.63, 3.8) is 0 Å². The van der Waals surface area contributed by atoms with Crippen molar-refractivity contribution in [2.24, 2.45) is 11.8 Å². The summed E-state index contributed by atoms with van der Waals surface area (Å²) in [5, 5.41) is 2.97. The van der Waals surface area contributed by atoms with Crippen LogP contribution < -0.4 is 10.2 Å². The number of amides is 3. The molecular formula is C20H25N3O3. The molecule has 26 heavy (non-hydrogen) atoms. The van der Waals surface area contributed by atoms with Crippen LogP contribution in [-0.4, -0.2) is 42.3 Å². The fraction of sp³-hybridized carbons (Fsp3) is 0.550. The fourth-order valence-electron chi connectivity index (χ4n) is 3.84. The zero-order valence-electron chi connectivity index (χ0n) is 14.9. The average molecular weight is 355 g/mol. The molecule has 0 atom stereocenters. The van der Waals surface area contributed by atoms with Crippen LogP contribution in [-0.2, 0) is 14.4 Å². The second kappa shape index (κ2) is 7.09. The summed E-state index contributed by atoms with van der Waals surface area (Å²) >= 11 is 0. The third-order valence-corrected chi connectivity index (χ3v) is 5.62. The summed E-state index contributed by atoms with van der Waals surface area (Å²) in [4.78, 5) is 40.1. The molecule has 4 rings (SSSR count). The van der Waals surface area contributed by atoms with Gasteiger partial charge in [0, 0.05) is 49.3 Å². The standard InChI is InChI=1S/C20H25N3O3/c24-18-2-1-11-23(18)17-7-5-16(6-8-17)21-19(25)14-9-12-22(13-10-14)20(26)15-3-4-15/h5-8,14-15H,1-4,9-13H2,(H,21,25). The molecule has 6 heteroatoms. The van der Waals surface area contributed by atoms with Gasteiger partial charge in [-0.1, -0.05) is 0 Å². The molecule has 1 N–H and O–H groups in total. The highest BCUT2D eigenvalue weighted by molar-refractivity contribution is 5.96. The van der Waals surface area contributed by atoms with Gasteiger partial charge in [-0.25, -0.2) is 0 Å². The average Bonchev–Trinajstić information content (AvgIpc) is 3.43. The van der Waals surface area contributed by atoms with Crippen LogP contribution in [0.25, 0.3) is 0 Å². The molecule has 3 fully saturated rings. The van der Waals surface area contributed by atoms with Gasteiger partial charge in [0.2, 0.25) is 17.7 Å². The molecule has 1 saturated carbocycles. The Kier molecular flexibility index (Phi) is 4.66. The number of anilines is 2. The van der Waals surface area contributed by atoms with Crippen LogP contribution in [0.1, 0.15) is 38.5 Å². The third kappa shape index (κ3) is 3.59. The maximum absolute atomic E-state index is 12.5. The van der Waals surface area contributed by atoms with Crippen molar-refractivity contribution in [3.8, 4) is 0 Å². The fourth-order valence-corrected chi connectivity index (χ4v) is 3.84. The van der Waals surface area contributed by atoms with Gasteiger partial charge >= 0.3 is 0 Å². The Bertz CT molecular complexity index is 704. The van der Waals surface area contributed by atoms with Crippen LogP contribution in [0.4, 0.5) is 11.4 Å². The van der Waals surface area contributed by atoms with E-state index >= 15 is 0 Å². The third-order valence-electron chi connectivity index (χ3n) is 5.62. The van der Waals surface area contributed by atoms with Crippen LogP contribution in [0.15, 0.2) is 24.3 Å². The van der Waals surface area contributed by atoms with Crippen LogP contribution >= 0.6 is 0 Å². The SMILES string of the molecule is O=C(Nc1ccc(N2CCCC2=O)cc1)C1CCN(C(=O)C2CC2)CC1. The molecule has 0 bridgehead atoms. The Morgan fingerprint density at radius 1 is 0.923 bits per heavy atom. The first-order valence-electron chi connectivity index (χ1n) is 9.62. The number of carbonyl (C=O) groups is 3. The normalized spacial score (nSPS) is 21.2. The van der Waals surface area contributed by atoms with E-state index in [2.05, 4.69) is 5.32 Å². The summed E-state index contributed by atoms with van der Waals surface area (Å²) in [6, 6.07) is 7.47. The molecule has 0 unspecified atom stereocenters. The highest BCUT2D eigenvalue weighted by Crippen LogP contribution is 2.32. The summed E-state index contributed by atoms with van der Waals surface area (Å²) in [7, 11) is 0. The lowest BCUT2D eigenvalue weighted by Crippen LogP contribution is -2.42. The molecule has 6 nitrogen and oxygen atoms in total. The molecule has 2 saturated heterocycles. The van der Waals surface area contributed by atoms with Gasteiger partial charge < -0.3 is 15.1 Å². The summed E-state index contributed by atoms with van der Waals surface area (Å²) in [5.74, 6) is 0.665. The molecule has 1 aromatic carbocycles. The van der Waals surface area contributed by atoms with Crippen molar-refractivity contribution in [1.29, 1.82) is 0 Å². The first-order valence-corrected chi connectivity index (χ1v) is 9.62. The lowest BCUT2D eigenvalue weighted by atomic mass is 9.95. The van der Waals surface area contributed by atoms with E-state index in [0.29, 0.717) is 19.5 Å². The summed E-state index contributed by atoms with van der Waals surface area (Å²) in [6.45, 7) is 2.13. The second-order valence-electron chi connectivity index (χ2n) is 7.56. The number of likely N-dealkylation sites (tertiary alicyclic amines) is 1. The largest absolute Gasteiger partial charge is 0.342 e. The number of rotatable bonds is 4. The molecular weight excluding hydrogens is 330 g/mol. The Labute approximate surface area is 153 Å². The van der Waals surface area contributed by atoms with Crippen molar-refractivity contribution in [2.75, 3.05) is 29.9 Å². The number of carbonyl (C=O) groups excluding carboxylic acids is 3. The molecule has 0 spiro atoms. The van der Waals surface area contributed by atoms with Gasteiger partial charge in [0.05, 0.1) is 0 Å². The van der Waals surface area contributed by atoms with E-state index in [4.69, 9.17) is 0 Å². The van der Waals surface area contributed by atoms with Gasteiger partial charge in [-0.3, -0.25) is 14.4 Å². The van der Waals surface area contributed by atoms with Gasteiger partial charge in [0.15, 0.2) is 0 Å². The first-order chi connectivity index (χ1) is 12.6. The molecule has 3 amide bonds. The maximum Gasteiger partial charge on any atom is 0.227 e. The minimum absolute atomic E-state index is 0.0218. The lowest BCUT2D eigenvalue weighted by Gasteiger charge is -2.31. The van der Waals surface area contributed by atoms with Crippen LogP contribution in [0.2, 0.25) is 0 Å². The molecule has 1 aliphatic carbocycles. The molecule has 2 aliphatic heterocycles. The van der Waals surface area contributed by atoms with Gasteiger partial charge in [-0.2, -0.15) is 0 Å². The smallest absolute Gasteiger partial charge is 0.227 e. The van der Waals surface area contributed by atoms with Crippen molar-refractivity contribution in [1.82, 2.24) is 4.90 Å². The van der Waals surface area contributed by atoms with Crippen molar-refractivity contribution >= 4 is 29.1 Å². The van der Waals surface area contributed by atoms with E-state index < -0.39 is 0 Å². The van der Waals surface area contributed by atoms with Crippen molar-refractivity contribution < 1.29 is 14.4 Å². The zero-order chi connectivity index (χ0) is 18.1. The second-order valence-corrected chi connectivity index (χ2v) is 7.56. The van der Waals surface area contributed by atoms with E-state index in [-0.39, 0.29) is 29.6 Å². The Hall–Kier alpha value is -2.37. The van der Waals surface area contributed by atoms with Crippen molar-refractivity contribution in [2.45, 2.75) is 38.5 Å². The van der Waals surface area contributed by atoms with Crippen molar-refractivity contribution in [3.05, 3.63) is 24.3 Å². The van der Waals surface area contributed by atoms with E-state index in [0.717, 1.165) is 50.0 Å². The number of hydrogen-bond donors (Lipinski definition) is 1. The minimum Gasteiger partial charge on any atom is -0.342 e. The summed E-state index contributed by atoms with van der Waals surface area (Å²) in [6.07, 6.45) is 5.02. The molecule has 1 aromatic rings. The van der Waals surface area contributed by atoms with Gasteiger partial charge in [0.1, 0.15) is 0 Å². The van der Waals surface area contributed by atoms with Gasteiger partial charge in [-0.15, -0.1) is 0 Å². The highest BCUT2D eigenvalue weighted by atomic mass is 16.2. The summed E-state index contributed by atoms with van der Waals surface area (Å²) in [5.41, 5.74) is 1.64. The molecule has 3 aliphatic rings. The first kappa shape index (κ1) is 17.1. The molecule has 0 radical (unpaired) electrons. The van der Waals surface area contributed by atoms with Gasteiger partial charge in [0.25, 0.3) is 0 Å². The number of nitrogens with zero attached hydrogens (tertiary/aromatic N) is 2. The number of hydrogen-bond acceptors (Lipinski definition) is 3. The monoisotopic (exact) mass is 355 g/mol.